The summed E-state index contributed by atoms with van der Waals surface area (Å²) in [7, 11) is -3.98. The second-order valence-corrected chi connectivity index (χ2v) is 6.26. The summed E-state index contributed by atoms with van der Waals surface area (Å²) in [6, 6.07) is 3.70. The van der Waals surface area contributed by atoms with Crippen LogP contribution in [0.25, 0.3) is 0 Å². The van der Waals surface area contributed by atoms with E-state index < -0.39 is 20.4 Å². The van der Waals surface area contributed by atoms with Crippen molar-refractivity contribution in [3.8, 4) is 0 Å². The maximum absolute atomic E-state index is 11.4. The van der Waals surface area contributed by atoms with Crippen molar-refractivity contribution in [1.82, 2.24) is 0 Å². The number of nitro groups is 1. The fourth-order valence-corrected chi connectivity index (χ4v) is 2.45. The molecule has 0 unspecified atom stereocenters. The van der Waals surface area contributed by atoms with Gasteiger partial charge in [0, 0.05) is 12.1 Å². The maximum atomic E-state index is 11.4. The Morgan fingerprint density at radius 3 is 2.18 bits per heavy atom. The SMILES string of the molecule is CC(C)(C)c1ccc([N+](=O)[O-])cc1S(N)(=O)=O. The van der Waals surface area contributed by atoms with Crippen LogP contribution in [0.2, 0.25) is 0 Å². The molecule has 0 radical (unpaired) electrons. The predicted octanol–water partition coefficient (Wildman–Crippen LogP) is 1.54. The van der Waals surface area contributed by atoms with Crippen LogP contribution in [-0.2, 0) is 15.4 Å². The Morgan fingerprint density at radius 2 is 1.82 bits per heavy atom. The molecule has 0 atom stereocenters. The zero-order valence-corrected chi connectivity index (χ0v) is 10.6. The van der Waals surface area contributed by atoms with Crippen molar-refractivity contribution >= 4 is 15.7 Å². The van der Waals surface area contributed by atoms with Gasteiger partial charge < -0.3 is 0 Å². The van der Waals surface area contributed by atoms with Crippen LogP contribution in [0.5, 0.6) is 0 Å². The molecule has 0 aliphatic carbocycles. The minimum absolute atomic E-state index is 0.195. The molecular weight excluding hydrogens is 244 g/mol. The molecule has 1 aromatic carbocycles. The van der Waals surface area contributed by atoms with E-state index in [4.69, 9.17) is 5.14 Å². The van der Waals surface area contributed by atoms with Crippen molar-refractivity contribution < 1.29 is 13.3 Å². The summed E-state index contributed by atoms with van der Waals surface area (Å²) in [6.45, 7) is 5.43. The van der Waals surface area contributed by atoms with Crippen molar-refractivity contribution in [2.24, 2.45) is 5.14 Å². The van der Waals surface area contributed by atoms with Crippen LogP contribution in [0.4, 0.5) is 5.69 Å². The quantitative estimate of drug-likeness (QED) is 0.641. The van der Waals surface area contributed by atoms with Gasteiger partial charge >= 0.3 is 0 Å². The van der Waals surface area contributed by atoms with Crippen LogP contribution in [0.15, 0.2) is 23.1 Å². The van der Waals surface area contributed by atoms with Gasteiger partial charge in [-0.1, -0.05) is 26.8 Å². The van der Waals surface area contributed by atoms with E-state index in [1.807, 2.05) is 20.8 Å². The third-order valence-electron chi connectivity index (χ3n) is 2.29. The van der Waals surface area contributed by atoms with Crippen molar-refractivity contribution in [2.45, 2.75) is 31.1 Å². The Kier molecular flexibility index (Phi) is 3.26. The number of sulfonamides is 1. The number of hydrogen-bond donors (Lipinski definition) is 1. The van der Waals surface area contributed by atoms with Gasteiger partial charge in [-0.2, -0.15) is 0 Å². The van der Waals surface area contributed by atoms with E-state index in [0.717, 1.165) is 6.07 Å². The highest BCUT2D eigenvalue weighted by Crippen LogP contribution is 2.30. The Balaban J connectivity index is 3.60. The highest BCUT2D eigenvalue weighted by molar-refractivity contribution is 7.89. The number of non-ortho nitro benzene ring substituents is 1. The van der Waals surface area contributed by atoms with Crippen molar-refractivity contribution in [2.75, 3.05) is 0 Å². The van der Waals surface area contributed by atoms with Crippen LogP contribution < -0.4 is 5.14 Å². The molecule has 0 saturated heterocycles. The number of benzene rings is 1. The smallest absolute Gasteiger partial charge is 0.258 e. The average Bonchev–Trinajstić information content (AvgIpc) is 2.14. The number of nitro benzene ring substituents is 1. The Labute approximate surface area is 99.6 Å². The standard InChI is InChI=1S/C10H14N2O4S/c1-10(2,3)8-5-4-7(12(13)14)6-9(8)17(11,15)16/h4-6H,1-3H3,(H2,11,15,16). The van der Waals surface area contributed by atoms with Gasteiger partial charge in [0.1, 0.15) is 0 Å². The van der Waals surface area contributed by atoms with E-state index in [9.17, 15) is 18.5 Å². The van der Waals surface area contributed by atoms with Crippen molar-refractivity contribution in [1.29, 1.82) is 0 Å². The highest BCUT2D eigenvalue weighted by Gasteiger charge is 2.25. The molecule has 17 heavy (non-hydrogen) atoms. The predicted molar refractivity (Wildman–Crippen MR) is 63.2 cm³/mol. The molecule has 0 amide bonds. The van der Waals surface area contributed by atoms with Gasteiger partial charge in [-0.15, -0.1) is 0 Å². The van der Waals surface area contributed by atoms with Gasteiger partial charge in [-0.05, 0) is 11.0 Å². The van der Waals surface area contributed by atoms with Crippen molar-refractivity contribution in [3.63, 3.8) is 0 Å². The second-order valence-electron chi connectivity index (χ2n) is 4.73. The zero-order valence-electron chi connectivity index (χ0n) is 9.80. The molecule has 7 heteroatoms. The first-order valence-corrected chi connectivity index (χ1v) is 6.40. The van der Waals surface area contributed by atoms with Gasteiger partial charge in [0.2, 0.25) is 10.0 Å². The van der Waals surface area contributed by atoms with Crippen LogP contribution in [-0.4, -0.2) is 13.3 Å². The minimum Gasteiger partial charge on any atom is -0.258 e. The van der Waals surface area contributed by atoms with Gasteiger partial charge in [-0.3, -0.25) is 10.1 Å². The summed E-state index contributed by atoms with van der Waals surface area (Å²) in [5, 5.41) is 15.7. The first-order chi connectivity index (χ1) is 7.53. The number of hydrogen-bond acceptors (Lipinski definition) is 4. The summed E-state index contributed by atoms with van der Waals surface area (Å²) < 4.78 is 22.9. The van der Waals surface area contributed by atoms with Crippen LogP contribution in [0.3, 0.4) is 0 Å². The molecule has 1 rings (SSSR count). The lowest BCUT2D eigenvalue weighted by atomic mass is 9.87. The van der Waals surface area contributed by atoms with Gasteiger partial charge in [0.25, 0.3) is 5.69 Å². The summed E-state index contributed by atoms with van der Waals surface area (Å²) in [5.41, 5.74) is -0.288. The van der Waals surface area contributed by atoms with E-state index in [-0.39, 0.29) is 10.6 Å². The molecule has 0 bridgehead atoms. The molecular formula is C10H14N2O4S. The lowest BCUT2D eigenvalue weighted by Gasteiger charge is -2.21. The molecule has 0 spiro atoms. The molecule has 94 valence electrons. The lowest BCUT2D eigenvalue weighted by Crippen LogP contribution is -2.21. The topological polar surface area (TPSA) is 103 Å². The normalized spacial score (nSPS) is 12.5. The first-order valence-electron chi connectivity index (χ1n) is 4.85. The zero-order chi connectivity index (χ0) is 13.4. The highest BCUT2D eigenvalue weighted by atomic mass is 32.2. The van der Waals surface area contributed by atoms with E-state index >= 15 is 0 Å². The van der Waals surface area contributed by atoms with E-state index in [1.54, 1.807) is 0 Å². The molecule has 0 fully saturated rings. The number of rotatable bonds is 2. The number of nitrogens with two attached hydrogens (primary N) is 1. The molecule has 0 aromatic heterocycles. The van der Waals surface area contributed by atoms with Gasteiger partial charge in [0.15, 0.2) is 0 Å². The average molecular weight is 258 g/mol. The van der Waals surface area contributed by atoms with Crippen molar-refractivity contribution in [3.05, 3.63) is 33.9 Å². The number of primary sulfonamides is 1. The molecule has 0 heterocycles. The van der Waals surface area contributed by atoms with Crippen LogP contribution in [0, 0.1) is 10.1 Å². The molecule has 0 saturated carbocycles. The molecule has 1 aromatic rings. The molecule has 6 nitrogen and oxygen atoms in total. The largest absolute Gasteiger partial charge is 0.270 e. The fraction of sp³-hybridized carbons (Fsp3) is 0.400. The fourth-order valence-electron chi connectivity index (χ4n) is 1.48. The Bertz CT molecular complexity index is 558. The lowest BCUT2D eigenvalue weighted by molar-refractivity contribution is -0.385. The Hall–Kier alpha value is -1.47. The summed E-state index contributed by atoms with van der Waals surface area (Å²) in [6.07, 6.45) is 0. The van der Waals surface area contributed by atoms with E-state index in [0.29, 0.717) is 5.56 Å². The molecule has 2 N–H and O–H groups in total. The summed E-state index contributed by atoms with van der Waals surface area (Å²) >= 11 is 0. The number of nitrogens with zero attached hydrogens (tertiary/aromatic N) is 1. The van der Waals surface area contributed by atoms with Gasteiger partial charge in [-0.25, -0.2) is 13.6 Å². The molecule has 0 aliphatic heterocycles. The van der Waals surface area contributed by atoms with Gasteiger partial charge in [0.05, 0.1) is 9.82 Å². The third-order valence-corrected chi connectivity index (χ3v) is 3.24. The van der Waals surface area contributed by atoms with E-state index in [1.165, 1.54) is 12.1 Å². The summed E-state index contributed by atoms with van der Waals surface area (Å²) in [5.74, 6) is 0. The Morgan fingerprint density at radius 1 is 1.29 bits per heavy atom. The first kappa shape index (κ1) is 13.6. The van der Waals surface area contributed by atoms with Crippen LogP contribution in [0.1, 0.15) is 26.3 Å². The minimum atomic E-state index is -3.98. The summed E-state index contributed by atoms with van der Waals surface area (Å²) in [4.78, 5) is 9.76. The maximum Gasteiger partial charge on any atom is 0.270 e. The van der Waals surface area contributed by atoms with E-state index in [2.05, 4.69) is 0 Å². The monoisotopic (exact) mass is 258 g/mol. The second kappa shape index (κ2) is 4.08. The van der Waals surface area contributed by atoms with Crippen LogP contribution >= 0.6 is 0 Å². The molecule has 0 aliphatic rings. The third kappa shape index (κ3) is 3.01.